The molecule has 156 valence electrons. The molecule has 0 atom stereocenters. The molecular formula is C17H19F3N6O2S. The fourth-order valence-electron chi connectivity index (χ4n) is 3.80. The number of rotatable bonds is 3. The van der Waals surface area contributed by atoms with Crippen molar-refractivity contribution in [1.29, 1.82) is 0 Å². The predicted molar refractivity (Wildman–Crippen MR) is 96.7 cm³/mol. The lowest BCUT2D eigenvalue weighted by Gasteiger charge is -2.32. The van der Waals surface area contributed by atoms with Gasteiger partial charge in [0.1, 0.15) is 11.2 Å². The summed E-state index contributed by atoms with van der Waals surface area (Å²) in [4.78, 5) is 3.34. The zero-order valence-electron chi connectivity index (χ0n) is 15.8. The molecule has 4 rings (SSSR count). The van der Waals surface area contributed by atoms with Crippen LogP contribution in [0.3, 0.4) is 0 Å². The van der Waals surface area contributed by atoms with Crippen molar-refractivity contribution in [3.63, 3.8) is 0 Å². The normalized spacial score (nSPS) is 17.3. The van der Waals surface area contributed by atoms with Crippen molar-refractivity contribution >= 4 is 15.7 Å². The first-order chi connectivity index (χ1) is 13.6. The van der Waals surface area contributed by atoms with E-state index >= 15 is 0 Å². The van der Waals surface area contributed by atoms with Gasteiger partial charge >= 0.3 is 6.18 Å². The summed E-state index contributed by atoms with van der Waals surface area (Å²) in [5, 5.41) is 7.44. The number of hydrogen-bond donors (Lipinski definition) is 0. The summed E-state index contributed by atoms with van der Waals surface area (Å²) in [6.07, 6.45) is 0.415. The van der Waals surface area contributed by atoms with Gasteiger partial charge in [-0.25, -0.2) is 17.9 Å². The van der Waals surface area contributed by atoms with Crippen LogP contribution in [0.4, 0.5) is 13.2 Å². The van der Waals surface area contributed by atoms with Crippen molar-refractivity contribution in [3.05, 3.63) is 41.6 Å². The number of nitrogens with zero attached hydrogens (tertiary/aromatic N) is 6. The third-order valence-electron chi connectivity index (χ3n) is 5.24. The van der Waals surface area contributed by atoms with Crippen LogP contribution in [-0.4, -0.2) is 50.2 Å². The van der Waals surface area contributed by atoms with E-state index < -0.39 is 26.8 Å². The molecule has 0 saturated carbocycles. The molecule has 0 aromatic carbocycles. The minimum Gasteiger partial charge on any atom is -0.274 e. The van der Waals surface area contributed by atoms with E-state index in [9.17, 15) is 21.6 Å². The number of alkyl halides is 3. The minimum atomic E-state index is -4.84. The highest BCUT2D eigenvalue weighted by atomic mass is 32.2. The van der Waals surface area contributed by atoms with Gasteiger partial charge in [-0.05, 0) is 42.9 Å². The molecule has 3 aromatic heterocycles. The summed E-state index contributed by atoms with van der Waals surface area (Å²) < 4.78 is 69.0. The molecule has 0 amide bonds. The Labute approximate surface area is 165 Å². The predicted octanol–water partition coefficient (Wildman–Crippen LogP) is 2.36. The zero-order valence-corrected chi connectivity index (χ0v) is 16.6. The Morgan fingerprint density at radius 2 is 1.86 bits per heavy atom. The molecule has 0 spiro atoms. The van der Waals surface area contributed by atoms with Gasteiger partial charge in [0.15, 0.2) is 11.3 Å². The van der Waals surface area contributed by atoms with E-state index in [2.05, 4.69) is 15.2 Å². The lowest BCUT2D eigenvalue weighted by Crippen LogP contribution is -2.38. The molecule has 0 N–H and O–H groups in total. The van der Waals surface area contributed by atoms with Crippen LogP contribution in [0.15, 0.2) is 29.7 Å². The number of hydrogen-bond acceptors (Lipinski definition) is 5. The molecule has 4 heterocycles. The maximum Gasteiger partial charge on any atom is 0.436 e. The Kier molecular flexibility index (Phi) is 4.65. The van der Waals surface area contributed by atoms with Crippen LogP contribution in [0.2, 0.25) is 0 Å². The highest BCUT2D eigenvalue weighted by molar-refractivity contribution is 7.89. The summed E-state index contributed by atoms with van der Waals surface area (Å²) in [5.41, 5.74) is 1.41. The van der Waals surface area contributed by atoms with Crippen LogP contribution in [0, 0.1) is 6.92 Å². The molecule has 8 nitrogen and oxygen atoms in total. The average Bonchev–Trinajstić information content (AvgIpc) is 3.27. The van der Waals surface area contributed by atoms with Gasteiger partial charge in [-0.2, -0.15) is 27.7 Å². The Morgan fingerprint density at radius 3 is 2.52 bits per heavy atom. The highest BCUT2D eigenvalue weighted by Gasteiger charge is 2.43. The van der Waals surface area contributed by atoms with Gasteiger partial charge in [0.25, 0.3) is 0 Å². The molecule has 1 aliphatic heterocycles. The standard InChI is InChI=1S/C17H19F3N6O2S/c1-11-7-15-21-10-22-26(15)8-13(11)12-3-5-25(6-4-12)29(27,28)14-9-24(2)23-16(14)17(18,19)20/h7-10,12H,3-6H2,1-2H3. The van der Waals surface area contributed by atoms with Crippen LogP contribution >= 0.6 is 0 Å². The van der Waals surface area contributed by atoms with Crippen molar-refractivity contribution < 1.29 is 21.6 Å². The number of aromatic nitrogens is 5. The number of pyridine rings is 1. The topological polar surface area (TPSA) is 85.4 Å². The smallest absolute Gasteiger partial charge is 0.274 e. The third-order valence-corrected chi connectivity index (χ3v) is 7.14. The largest absolute Gasteiger partial charge is 0.436 e. The van der Waals surface area contributed by atoms with Crippen LogP contribution in [-0.2, 0) is 23.2 Å². The van der Waals surface area contributed by atoms with Crippen LogP contribution < -0.4 is 0 Å². The maximum absolute atomic E-state index is 13.2. The summed E-state index contributed by atoms with van der Waals surface area (Å²) in [7, 11) is -3.03. The van der Waals surface area contributed by atoms with Crippen LogP contribution in [0.25, 0.3) is 5.65 Å². The van der Waals surface area contributed by atoms with Crippen molar-refractivity contribution in [1.82, 2.24) is 28.7 Å². The number of sulfonamides is 1. The Balaban J connectivity index is 1.57. The number of fused-ring (bicyclic) bond motifs is 1. The quantitative estimate of drug-likeness (QED) is 0.639. The monoisotopic (exact) mass is 428 g/mol. The Morgan fingerprint density at radius 1 is 1.17 bits per heavy atom. The Hall–Kier alpha value is -2.47. The summed E-state index contributed by atoms with van der Waals surface area (Å²) in [5.74, 6) is 0.0889. The van der Waals surface area contributed by atoms with Crippen LogP contribution in [0.1, 0.15) is 35.6 Å². The maximum atomic E-state index is 13.2. The van der Waals surface area contributed by atoms with E-state index in [1.165, 1.54) is 13.4 Å². The molecular weight excluding hydrogens is 409 g/mol. The van der Waals surface area contributed by atoms with Crippen molar-refractivity contribution in [2.75, 3.05) is 13.1 Å². The fourth-order valence-corrected chi connectivity index (χ4v) is 5.45. The number of piperidine rings is 1. The van der Waals surface area contributed by atoms with Crippen molar-refractivity contribution in [2.24, 2.45) is 7.05 Å². The van der Waals surface area contributed by atoms with Crippen molar-refractivity contribution in [2.45, 2.75) is 36.8 Å². The molecule has 1 saturated heterocycles. The second-order valence-electron chi connectivity index (χ2n) is 7.17. The second kappa shape index (κ2) is 6.80. The molecule has 0 unspecified atom stereocenters. The SMILES string of the molecule is Cc1cc2ncnn2cc1C1CCN(S(=O)(=O)c2cn(C)nc2C(F)(F)F)CC1. The molecule has 12 heteroatoms. The first-order valence-corrected chi connectivity index (χ1v) is 10.4. The summed E-state index contributed by atoms with van der Waals surface area (Å²) >= 11 is 0. The van der Waals surface area contributed by atoms with E-state index in [0.717, 1.165) is 32.0 Å². The fraction of sp³-hybridized carbons (Fsp3) is 0.471. The second-order valence-corrected chi connectivity index (χ2v) is 9.07. The van der Waals surface area contributed by atoms with Gasteiger partial charge < -0.3 is 0 Å². The molecule has 1 aliphatic rings. The lowest BCUT2D eigenvalue weighted by atomic mass is 9.89. The number of halogens is 3. The van der Waals surface area contributed by atoms with Gasteiger partial charge in [0.2, 0.25) is 10.0 Å². The first-order valence-electron chi connectivity index (χ1n) is 8.98. The van der Waals surface area contributed by atoms with E-state index in [0.29, 0.717) is 12.8 Å². The highest BCUT2D eigenvalue weighted by Crippen LogP contribution is 2.36. The lowest BCUT2D eigenvalue weighted by molar-refractivity contribution is -0.143. The van der Waals surface area contributed by atoms with Gasteiger partial charge in [0, 0.05) is 32.5 Å². The van der Waals surface area contributed by atoms with E-state index in [-0.39, 0.29) is 19.0 Å². The van der Waals surface area contributed by atoms with E-state index in [1.807, 2.05) is 19.2 Å². The minimum absolute atomic E-state index is 0.0889. The molecule has 1 fully saturated rings. The molecule has 29 heavy (non-hydrogen) atoms. The Bertz CT molecular complexity index is 1160. The summed E-state index contributed by atoms with van der Waals surface area (Å²) in [6, 6.07) is 1.91. The van der Waals surface area contributed by atoms with E-state index in [4.69, 9.17) is 0 Å². The third kappa shape index (κ3) is 3.50. The van der Waals surface area contributed by atoms with Crippen LogP contribution in [0.5, 0.6) is 0 Å². The van der Waals surface area contributed by atoms with E-state index in [1.54, 1.807) is 4.52 Å². The van der Waals surface area contributed by atoms with Gasteiger partial charge in [0.05, 0.1) is 0 Å². The average molecular weight is 428 g/mol. The van der Waals surface area contributed by atoms with Gasteiger partial charge in [-0.15, -0.1) is 0 Å². The van der Waals surface area contributed by atoms with Crippen molar-refractivity contribution in [3.8, 4) is 0 Å². The summed E-state index contributed by atoms with van der Waals surface area (Å²) in [6.45, 7) is 2.22. The molecule has 0 radical (unpaired) electrons. The zero-order chi connectivity index (χ0) is 21.0. The molecule has 0 bridgehead atoms. The van der Waals surface area contributed by atoms with Gasteiger partial charge in [-0.3, -0.25) is 4.68 Å². The van der Waals surface area contributed by atoms with Gasteiger partial charge in [-0.1, -0.05) is 0 Å². The molecule has 0 aliphatic carbocycles. The first kappa shape index (κ1) is 19.8. The number of aryl methyl sites for hydroxylation is 2. The molecule has 3 aromatic rings.